The molecule has 2 aliphatic rings. The van der Waals surface area contributed by atoms with Gasteiger partial charge in [0.2, 0.25) is 0 Å². The second-order valence-electron chi connectivity index (χ2n) is 6.31. The number of nitrogens with zero attached hydrogens (tertiary/aromatic N) is 3. The molecule has 0 atom stereocenters. The van der Waals surface area contributed by atoms with E-state index < -0.39 is 0 Å². The van der Waals surface area contributed by atoms with E-state index in [1.54, 1.807) is 0 Å². The Kier molecular flexibility index (Phi) is 4.29. The lowest BCUT2D eigenvalue weighted by molar-refractivity contribution is 0.242. The number of ether oxygens (including phenoxy) is 2. The van der Waals surface area contributed by atoms with E-state index in [9.17, 15) is 0 Å². The molecule has 0 aliphatic carbocycles. The predicted octanol–water partition coefficient (Wildman–Crippen LogP) is 3.16. The van der Waals surface area contributed by atoms with Crippen LogP contribution in [0.1, 0.15) is 29.1 Å². The van der Waals surface area contributed by atoms with Gasteiger partial charge in [-0.1, -0.05) is 11.6 Å². The summed E-state index contributed by atoms with van der Waals surface area (Å²) in [7, 11) is 0. The Morgan fingerprint density at radius 3 is 3.04 bits per heavy atom. The van der Waals surface area contributed by atoms with E-state index in [-0.39, 0.29) is 0 Å². The van der Waals surface area contributed by atoms with Gasteiger partial charge in [0, 0.05) is 49.9 Å². The molecule has 0 N–H and O–H groups in total. The van der Waals surface area contributed by atoms with Crippen LogP contribution in [-0.2, 0) is 19.5 Å². The lowest BCUT2D eigenvalue weighted by Gasteiger charge is -2.28. The van der Waals surface area contributed by atoms with Gasteiger partial charge in [-0.15, -0.1) is 0 Å². The molecule has 24 heavy (non-hydrogen) atoms. The Hall–Kier alpha value is -1.85. The summed E-state index contributed by atoms with van der Waals surface area (Å²) in [4.78, 5) is 11.2. The molecule has 126 valence electrons. The fourth-order valence-electron chi connectivity index (χ4n) is 3.24. The molecule has 0 fully saturated rings. The minimum atomic E-state index is 0.626. The van der Waals surface area contributed by atoms with Crippen LogP contribution in [0.3, 0.4) is 0 Å². The summed E-state index contributed by atoms with van der Waals surface area (Å²) in [6.45, 7) is 5.92. The molecular formula is C18H20ClN3O2. The largest absolute Gasteiger partial charge is 0.489 e. The van der Waals surface area contributed by atoms with E-state index >= 15 is 0 Å². The Balaban J connectivity index is 1.53. The summed E-state index contributed by atoms with van der Waals surface area (Å²) in [6, 6.07) is 4.03. The quantitative estimate of drug-likeness (QED) is 0.836. The number of benzene rings is 1. The van der Waals surface area contributed by atoms with Crippen molar-refractivity contribution < 1.29 is 9.47 Å². The van der Waals surface area contributed by atoms with Crippen molar-refractivity contribution in [2.45, 2.75) is 32.9 Å². The number of hydrogen-bond donors (Lipinski definition) is 0. The van der Waals surface area contributed by atoms with Crippen LogP contribution in [0.5, 0.6) is 11.5 Å². The van der Waals surface area contributed by atoms with Gasteiger partial charge in [0.05, 0.1) is 18.2 Å². The Bertz CT molecular complexity index is 766. The van der Waals surface area contributed by atoms with Gasteiger partial charge in [0.15, 0.2) is 11.5 Å². The monoisotopic (exact) mass is 345 g/mol. The minimum Gasteiger partial charge on any atom is -0.489 e. The van der Waals surface area contributed by atoms with Gasteiger partial charge in [0.25, 0.3) is 0 Å². The highest BCUT2D eigenvalue weighted by molar-refractivity contribution is 6.32. The smallest absolute Gasteiger partial charge is 0.179 e. The van der Waals surface area contributed by atoms with Gasteiger partial charge in [-0.05, 0) is 24.6 Å². The first-order valence-corrected chi connectivity index (χ1v) is 8.68. The van der Waals surface area contributed by atoms with Gasteiger partial charge in [-0.2, -0.15) is 0 Å². The van der Waals surface area contributed by atoms with E-state index in [1.165, 1.54) is 11.3 Å². The third-order valence-electron chi connectivity index (χ3n) is 4.40. The van der Waals surface area contributed by atoms with Gasteiger partial charge in [-0.3, -0.25) is 4.90 Å². The molecule has 0 spiro atoms. The number of rotatable bonds is 2. The average molecular weight is 346 g/mol. The van der Waals surface area contributed by atoms with Crippen LogP contribution in [0, 0.1) is 6.92 Å². The average Bonchev–Trinajstić information content (AvgIpc) is 2.81. The fraction of sp³-hybridized carbons (Fsp3) is 0.444. The second-order valence-corrected chi connectivity index (χ2v) is 6.71. The Morgan fingerprint density at radius 1 is 1.25 bits per heavy atom. The number of hydrogen-bond acceptors (Lipinski definition) is 5. The highest BCUT2D eigenvalue weighted by Gasteiger charge is 2.20. The minimum absolute atomic E-state index is 0.626. The van der Waals surface area contributed by atoms with E-state index in [2.05, 4.69) is 14.9 Å². The maximum atomic E-state index is 6.39. The molecule has 0 amide bonds. The molecule has 0 saturated carbocycles. The molecule has 0 unspecified atom stereocenters. The number of fused-ring (bicyclic) bond motifs is 2. The molecule has 0 bridgehead atoms. The summed E-state index contributed by atoms with van der Waals surface area (Å²) in [6.07, 6.45) is 3.78. The van der Waals surface area contributed by atoms with Gasteiger partial charge < -0.3 is 9.47 Å². The zero-order valence-electron chi connectivity index (χ0n) is 13.7. The lowest BCUT2D eigenvalue weighted by atomic mass is 10.1. The Labute approximate surface area is 146 Å². The predicted molar refractivity (Wildman–Crippen MR) is 91.6 cm³/mol. The maximum Gasteiger partial charge on any atom is 0.179 e. The van der Waals surface area contributed by atoms with E-state index in [1.807, 2.05) is 25.3 Å². The van der Waals surface area contributed by atoms with Crippen molar-refractivity contribution >= 4 is 11.6 Å². The molecule has 1 aromatic carbocycles. The van der Waals surface area contributed by atoms with Crippen molar-refractivity contribution in [2.24, 2.45) is 0 Å². The molecular weight excluding hydrogens is 326 g/mol. The van der Waals surface area contributed by atoms with Crippen LogP contribution < -0.4 is 9.47 Å². The molecule has 2 aliphatic heterocycles. The van der Waals surface area contributed by atoms with Crippen LogP contribution in [-0.4, -0.2) is 34.6 Å². The van der Waals surface area contributed by atoms with Crippen LogP contribution in [0.25, 0.3) is 0 Å². The van der Waals surface area contributed by atoms with Crippen molar-refractivity contribution in [2.75, 3.05) is 19.8 Å². The standard InChI is InChI=1S/C18H20ClN3O2/c1-12-20-9-14-11-22(4-3-16(14)21-12)10-13-7-15(19)18-17(8-13)23-5-2-6-24-18/h7-9H,2-6,10-11H2,1H3. The highest BCUT2D eigenvalue weighted by Crippen LogP contribution is 2.38. The normalized spacial score (nSPS) is 17.2. The van der Waals surface area contributed by atoms with Crippen LogP contribution in [0.4, 0.5) is 0 Å². The van der Waals surface area contributed by atoms with Crippen molar-refractivity contribution in [3.05, 3.63) is 46.0 Å². The number of halogens is 1. The zero-order chi connectivity index (χ0) is 16.5. The van der Waals surface area contributed by atoms with Crippen LogP contribution in [0.2, 0.25) is 5.02 Å². The third kappa shape index (κ3) is 3.19. The van der Waals surface area contributed by atoms with Crippen molar-refractivity contribution in [3.63, 3.8) is 0 Å². The van der Waals surface area contributed by atoms with E-state index in [0.29, 0.717) is 24.0 Å². The lowest BCUT2D eigenvalue weighted by Crippen LogP contribution is -2.31. The number of aryl methyl sites for hydroxylation is 1. The molecule has 5 nitrogen and oxygen atoms in total. The fourth-order valence-corrected chi connectivity index (χ4v) is 3.53. The van der Waals surface area contributed by atoms with Crippen molar-refractivity contribution in [1.29, 1.82) is 0 Å². The summed E-state index contributed by atoms with van der Waals surface area (Å²) in [5.41, 5.74) is 3.53. The molecule has 0 saturated heterocycles. The van der Waals surface area contributed by atoms with E-state index in [4.69, 9.17) is 21.1 Å². The highest BCUT2D eigenvalue weighted by atomic mass is 35.5. The summed E-state index contributed by atoms with van der Waals surface area (Å²) >= 11 is 6.39. The Morgan fingerprint density at radius 2 is 2.12 bits per heavy atom. The summed E-state index contributed by atoms with van der Waals surface area (Å²) in [5, 5.41) is 0.626. The first-order chi connectivity index (χ1) is 11.7. The van der Waals surface area contributed by atoms with Crippen molar-refractivity contribution in [3.8, 4) is 11.5 Å². The van der Waals surface area contributed by atoms with Crippen LogP contribution >= 0.6 is 11.6 Å². The van der Waals surface area contributed by atoms with Crippen LogP contribution in [0.15, 0.2) is 18.3 Å². The molecule has 6 heteroatoms. The molecule has 4 rings (SSSR count). The molecule has 1 aromatic heterocycles. The number of aromatic nitrogens is 2. The first-order valence-electron chi connectivity index (χ1n) is 8.31. The molecule has 3 heterocycles. The third-order valence-corrected chi connectivity index (χ3v) is 4.68. The SMILES string of the molecule is Cc1ncc2c(n1)CCN(Cc1cc(Cl)c3c(c1)OCCCO3)C2. The molecule has 0 radical (unpaired) electrons. The maximum absolute atomic E-state index is 6.39. The summed E-state index contributed by atoms with van der Waals surface area (Å²) < 4.78 is 11.5. The zero-order valence-corrected chi connectivity index (χ0v) is 14.5. The first kappa shape index (κ1) is 15.7. The van der Waals surface area contributed by atoms with Gasteiger partial charge >= 0.3 is 0 Å². The van der Waals surface area contributed by atoms with Gasteiger partial charge in [-0.25, -0.2) is 9.97 Å². The molecule has 2 aromatic rings. The van der Waals surface area contributed by atoms with Crippen molar-refractivity contribution in [1.82, 2.24) is 14.9 Å². The van der Waals surface area contributed by atoms with E-state index in [0.717, 1.165) is 49.6 Å². The summed E-state index contributed by atoms with van der Waals surface area (Å²) in [5.74, 6) is 2.27. The topological polar surface area (TPSA) is 47.5 Å². The second kappa shape index (κ2) is 6.57. The van der Waals surface area contributed by atoms with Gasteiger partial charge in [0.1, 0.15) is 5.82 Å².